The lowest BCUT2D eigenvalue weighted by Crippen LogP contribution is -2.15. The fourth-order valence-electron chi connectivity index (χ4n) is 2.71. The van der Waals surface area contributed by atoms with Crippen LogP contribution in [-0.2, 0) is 6.42 Å². The minimum atomic E-state index is -4.47. The molecule has 6 heteroatoms. The van der Waals surface area contributed by atoms with Crippen molar-refractivity contribution in [2.75, 3.05) is 0 Å². The molecule has 0 bridgehead atoms. The van der Waals surface area contributed by atoms with Crippen LogP contribution in [0.3, 0.4) is 0 Å². The average molecular weight is 331 g/mol. The largest absolute Gasteiger partial charge is 0.476 e. The molecule has 0 radical (unpaired) electrons. The molecule has 0 atom stereocenters. The van der Waals surface area contributed by atoms with E-state index in [0.29, 0.717) is 21.9 Å². The fourth-order valence-corrected chi connectivity index (χ4v) is 2.71. The smallest absolute Gasteiger partial charge is 0.394 e. The molecule has 24 heavy (non-hydrogen) atoms. The molecular formula is C18H12F3NO2. The van der Waals surface area contributed by atoms with Crippen LogP contribution in [-0.4, -0.2) is 22.2 Å². The quantitative estimate of drug-likeness (QED) is 0.756. The van der Waals surface area contributed by atoms with Crippen molar-refractivity contribution in [1.29, 1.82) is 0 Å². The number of hydrogen-bond acceptors (Lipinski definition) is 2. The molecule has 0 fully saturated rings. The highest BCUT2D eigenvalue weighted by atomic mass is 19.4. The van der Waals surface area contributed by atoms with Crippen LogP contribution in [0, 0.1) is 0 Å². The molecule has 1 aromatic heterocycles. The minimum Gasteiger partial charge on any atom is -0.476 e. The van der Waals surface area contributed by atoms with Gasteiger partial charge in [-0.1, -0.05) is 54.6 Å². The van der Waals surface area contributed by atoms with Gasteiger partial charge < -0.3 is 5.11 Å². The van der Waals surface area contributed by atoms with E-state index in [1.54, 1.807) is 48.5 Å². The molecule has 0 unspecified atom stereocenters. The summed E-state index contributed by atoms with van der Waals surface area (Å²) in [5.74, 6) is -1.36. The van der Waals surface area contributed by atoms with Crippen LogP contribution in [0.1, 0.15) is 16.2 Å². The van der Waals surface area contributed by atoms with Gasteiger partial charge in [-0.3, -0.25) is 0 Å². The first-order chi connectivity index (χ1) is 11.4. The van der Waals surface area contributed by atoms with Crippen LogP contribution in [0.2, 0.25) is 0 Å². The Labute approximate surface area is 135 Å². The number of aromatic nitrogens is 1. The van der Waals surface area contributed by atoms with Crippen molar-refractivity contribution >= 4 is 16.7 Å². The third kappa shape index (κ3) is 3.08. The number of benzene rings is 2. The van der Waals surface area contributed by atoms with E-state index in [9.17, 15) is 23.1 Å². The second-order valence-corrected chi connectivity index (χ2v) is 5.29. The molecule has 122 valence electrons. The van der Waals surface area contributed by atoms with Crippen LogP contribution in [0.4, 0.5) is 13.2 Å². The van der Waals surface area contributed by atoms with Crippen molar-refractivity contribution in [1.82, 2.24) is 4.98 Å². The van der Waals surface area contributed by atoms with Gasteiger partial charge in [-0.25, -0.2) is 9.78 Å². The number of rotatable bonds is 3. The summed E-state index contributed by atoms with van der Waals surface area (Å²) in [5, 5.41) is 10.2. The molecule has 0 spiro atoms. The molecule has 1 heterocycles. The molecule has 0 saturated heterocycles. The Kier molecular flexibility index (Phi) is 3.97. The number of carboxylic acids is 1. The van der Waals surface area contributed by atoms with Crippen LogP contribution >= 0.6 is 0 Å². The van der Waals surface area contributed by atoms with Gasteiger partial charge in [-0.05, 0) is 10.9 Å². The van der Waals surface area contributed by atoms with Gasteiger partial charge >= 0.3 is 12.1 Å². The van der Waals surface area contributed by atoms with E-state index in [1.807, 2.05) is 0 Å². The molecule has 3 rings (SSSR count). The lowest BCUT2D eigenvalue weighted by atomic mass is 9.95. The Morgan fingerprint density at radius 1 is 0.958 bits per heavy atom. The molecule has 0 aliphatic carbocycles. The Hall–Kier alpha value is -2.89. The van der Waals surface area contributed by atoms with Crippen molar-refractivity contribution < 1.29 is 23.1 Å². The maximum absolute atomic E-state index is 12.8. The van der Waals surface area contributed by atoms with Crippen molar-refractivity contribution in [3.8, 4) is 11.1 Å². The number of aromatic carboxylic acids is 1. The van der Waals surface area contributed by atoms with Gasteiger partial charge in [0.25, 0.3) is 0 Å². The van der Waals surface area contributed by atoms with Crippen LogP contribution in [0.25, 0.3) is 21.9 Å². The highest BCUT2D eigenvalue weighted by Gasteiger charge is 2.31. The van der Waals surface area contributed by atoms with Gasteiger partial charge in [0, 0.05) is 10.9 Å². The second kappa shape index (κ2) is 5.96. The number of fused-ring (bicyclic) bond motifs is 1. The number of carbonyl (C=O) groups is 1. The lowest BCUT2D eigenvalue weighted by molar-refractivity contribution is -0.127. The van der Waals surface area contributed by atoms with Crippen LogP contribution < -0.4 is 0 Å². The molecule has 3 aromatic rings. The number of halogens is 3. The molecule has 0 aliphatic heterocycles. The highest BCUT2D eigenvalue weighted by molar-refractivity contribution is 6.06. The highest BCUT2D eigenvalue weighted by Crippen LogP contribution is 2.34. The zero-order valence-corrected chi connectivity index (χ0v) is 12.3. The zero-order valence-electron chi connectivity index (χ0n) is 12.3. The Morgan fingerprint density at radius 3 is 2.12 bits per heavy atom. The lowest BCUT2D eigenvalue weighted by Gasteiger charge is -2.15. The molecule has 2 aromatic carbocycles. The van der Waals surface area contributed by atoms with Crippen molar-refractivity contribution in [2.24, 2.45) is 0 Å². The zero-order chi connectivity index (χ0) is 17.3. The summed E-state index contributed by atoms with van der Waals surface area (Å²) in [5.41, 5.74) is 0.260. The first-order valence-corrected chi connectivity index (χ1v) is 7.14. The van der Waals surface area contributed by atoms with Gasteiger partial charge in [-0.2, -0.15) is 13.2 Å². The van der Waals surface area contributed by atoms with Crippen LogP contribution in [0.5, 0.6) is 0 Å². The summed E-state index contributed by atoms with van der Waals surface area (Å²) < 4.78 is 38.5. The van der Waals surface area contributed by atoms with E-state index in [-0.39, 0.29) is 11.4 Å². The maximum atomic E-state index is 12.8. The van der Waals surface area contributed by atoms with Crippen LogP contribution in [0.15, 0.2) is 54.6 Å². The van der Waals surface area contributed by atoms with Gasteiger partial charge in [0.05, 0.1) is 12.1 Å². The van der Waals surface area contributed by atoms with E-state index in [0.717, 1.165) is 0 Å². The number of hydrogen-bond donors (Lipinski definition) is 1. The average Bonchev–Trinajstić information content (AvgIpc) is 2.54. The maximum Gasteiger partial charge on any atom is 0.394 e. The minimum absolute atomic E-state index is 0.282. The van der Waals surface area contributed by atoms with Gasteiger partial charge in [0.2, 0.25) is 0 Å². The normalized spacial score (nSPS) is 11.6. The van der Waals surface area contributed by atoms with E-state index < -0.39 is 18.6 Å². The van der Waals surface area contributed by atoms with Crippen molar-refractivity contribution in [3.05, 3.63) is 66.0 Å². The Balaban J connectivity index is 2.38. The predicted molar refractivity (Wildman–Crippen MR) is 83.9 cm³/mol. The van der Waals surface area contributed by atoms with E-state index in [4.69, 9.17) is 0 Å². The fraction of sp³-hybridized carbons (Fsp3) is 0.111. The SMILES string of the molecule is O=C(O)c1nc(CC(F)(F)F)c2ccccc2c1-c1ccccc1. The summed E-state index contributed by atoms with van der Waals surface area (Å²) in [7, 11) is 0. The molecule has 1 N–H and O–H groups in total. The van der Waals surface area contributed by atoms with E-state index in [1.165, 1.54) is 6.07 Å². The molecule has 0 aliphatic rings. The third-order valence-corrected chi connectivity index (χ3v) is 3.62. The number of alkyl halides is 3. The van der Waals surface area contributed by atoms with E-state index in [2.05, 4.69) is 4.98 Å². The molecule has 0 amide bonds. The summed E-state index contributed by atoms with van der Waals surface area (Å²) >= 11 is 0. The Bertz CT molecular complexity index is 905. The first kappa shape index (κ1) is 16.0. The predicted octanol–water partition coefficient (Wildman–Crippen LogP) is 4.70. The molecule has 0 saturated carbocycles. The Morgan fingerprint density at radius 2 is 1.54 bits per heavy atom. The monoisotopic (exact) mass is 331 g/mol. The third-order valence-electron chi connectivity index (χ3n) is 3.62. The van der Waals surface area contributed by atoms with Gasteiger partial charge in [0.15, 0.2) is 5.69 Å². The molecular weight excluding hydrogens is 319 g/mol. The van der Waals surface area contributed by atoms with E-state index >= 15 is 0 Å². The first-order valence-electron chi connectivity index (χ1n) is 7.14. The van der Waals surface area contributed by atoms with Gasteiger partial charge in [-0.15, -0.1) is 0 Å². The number of carboxylic acid groups (broad SMARTS) is 1. The standard InChI is InChI=1S/C18H12F3NO2/c19-18(20,21)10-14-12-8-4-5-9-13(12)15(16(22-14)17(23)24)11-6-2-1-3-7-11/h1-9H,10H2,(H,23,24). The molecule has 3 nitrogen and oxygen atoms in total. The van der Waals surface area contributed by atoms with Crippen molar-refractivity contribution in [2.45, 2.75) is 12.6 Å². The number of nitrogens with zero attached hydrogens (tertiary/aromatic N) is 1. The number of pyridine rings is 1. The topological polar surface area (TPSA) is 50.2 Å². The summed E-state index contributed by atoms with van der Waals surface area (Å²) in [6.07, 6.45) is -5.75. The second-order valence-electron chi connectivity index (χ2n) is 5.29. The van der Waals surface area contributed by atoms with Gasteiger partial charge in [0.1, 0.15) is 0 Å². The summed E-state index contributed by atoms with van der Waals surface area (Å²) in [4.78, 5) is 15.5. The summed E-state index contributed by atoms with van der Waals surface area (Å²) in [6, 6.07) is 15.1. The van der Waals surface area contributed by atoms with Crippen molar-refractivity contribution in [3.63, 3.8) is 0 Å². The summed E-state index contributed by atoms with van der Waals surface area (Å²) in [6.45, 7) is 0.